The lowest BCUT2D eigenvalue weighted by Crippen LogP contribution is -2.49. The molecule has 1 aliphatic carbocycles. The van der Waals surface area contributed by atoms with Gasteiger partial charge >= 0.3 is 0 Å². The summed E-state index contributed by atoms with van der Waals surface area (Å²) in [4.78, 5) is 4.44. The summed E-state index contributed by atoms with van der Waals surface area (Å²) < 4.78 is 5.87. The maximum atomic E-state index is 5.56. The molecule has 0 radical (unpaired) electrons. The van der Waals surface area contributed by atoms with Crippen molar-refractivity contribution in [3.63, 3.8) is 0 Å². The van der Waals surface area contributed by atoms with E-state index in [0.717, 1.165) is 50.9 Å². The van der Waals surface area contributed by atoms with Gasteiger partial charge in [-0.3, -0.25) is 4.99 Å². The lowest BCUT2D eigenvalue weighted by Gasteiger charge is -2.37. The van der Waals surface area contributed by atoms with E-state index in [2.05, 4.69) is 41.2 Å². The quantitative estimate of drug-likeness (QED) is 0.336. The summed E-state index contributed by atoms with van der Waals surface area (Å²) in [7, 11) is 1.88. The summed E-state index contributed by atoms with van der Waals surface area (Å²) in [5.41, 5.74) is 0.492. The van der Waals surface area contributed by atoms with E-state index in [0.29, 0.717) is 10.2 Å². The number of nitrogens with one attached hydrogen (secondary N) is 2. The van der Waals surface area contributed by atoms with Gasteiger partial charge < -0.3 is 15.4 Å². The summed E-state index contributed by atoms with van der Waals surface area (Å²) >= 11 is 2.07. The number of rotatable bonds is 7. The van der Waals surface area contributed by atoms with E-state index in [1.54, 1.807) is 0 Å². The molecule has 0 bridgehead atoms. The number of thioether (sulfide) groups is 1. The minimum Gasteiger partial charge on any atom is -0.381 e. The first-order chi connectivity index (χ1) is 11.2. The number of ether oxygens (including phenoxy) is 1. The molecule has 0 spiro atoms. The SMILES string of the molecule is CCSC1(CNC(=NC)NCC2(CC)CCCC2)CCOCC1.I. The number of nitrogens with zero attached hydrogens (tertiary/aromatic N) is 1. The fourth-order valence-electron chi connectivity index (χ4n) is 3.94. The second-order valence-corrected chi connectivity index (χ2v) is 8.80. The highest BCUT2D eigenvalue weighted by atomic mass is 127. The third-order valence-corrected chi connectivity index (χ3v) is 7.15. The van der Waals surface area contributed by atoms with Crippen molar-refractivity contribution in [3.05, 3.63) is 0 Å². The number of guanidine groups is 1. The fraction of sp³-hybridized carbons (Fsp3) is 0.944. The van der Waals surface area contributed by atoms with Crippen molar-refractivity contribution in [1.82, 2.24) is 10.6 Å². The summed E-state index contributed by atoms with van der Waals surface area (Å²) in [6.07, 6.45) is 9.03. The summed E-state index contributed by atoms with van der Waals surface area (Å²) in [5.74, 6) is 2.12. The Labute approximate surface area is 169 Å². The molecule has 0 unspecified atom stereocenters. The van der Waals surface area contributed by atoms with Gasteiger partial charge in [-0.05, 0) is 43.3 Å². The predicted octanol–water partition coefficient (Wildman–Crippen LogP) is 4.04. The summed E-state index contributed by atoms with van der Waals surface area (Å²) in [5, 5.41) is 7.19. The fourth-order valence-corrected chi connectivity index (χ4v) is 5.18. The molecule has 0 aromatic rings. The standard InChI is InChI=1S/C18H35N3OS.HI/c1-4-17(8-6-7-9-17)14-20-16(19-3)21-15-18(23-5-2)10-12-22-13-11-18;/h4-15H2,1-3H3,(H2,19,20,21);1H. The van der Waals surface area contributed by atoms with Crippen LogP contribution in [0.2, 0.25) is 0 Å². The molecule has 0 atom stereocenters. The van der Waals surface area contributed by atoms with E-state index >= 15 is 0 Å². The van der Waals surface area contributed by atoms with Crippen LogP contribution in [0.4, 0.5) is 0 Å². The van der Waals surface area contributed by atoms with Crippen molar-refractivity contribution in [2.45, 2.75) is 63.5 Å². The van der Waals surface area contributed by atoms with Crippen LogP contribution < -0.4 is 10.6 Å². The summed E-state index contributed by atoms with van der Waals surface area (Å²) in [6, 6.07) is 0. The van der Waals surface area contributed by atoms with Crippen LogP contribution in [-0.2, 0) is 4.74 Å². The van der Waals surface area contributed by atoms with Crippen molar-refractivity contribution in [3.8, 4) is 0 Å². The molecule has 0 amide bonds. The van der Waals surface area contributed by atoms with E-state index in [1.165, 1.54) is 32.1 Å². The van der Waals surface area contributed by atoms with Crippen LogP contribution in [0.5, 0.6) is 0 Å². The zero-order chi connectivity index (χ0) is 16.6. The zero-order valence-electron chi connectivity index (χ0n) is 15.7. The van der Waals surface area contributed by atoms with Gasteiger partial charge in [-0.15, -0.1) is 24.0 Å². The maximum Gasteiger partial charge on any atom is 0.191 e. The third kappa shape index (κ3) is 6.24. The molecule has 1 saturated heterocycles. The van der Waals surface area contributed by atoms with Gasteiger partial charge in [-0.1, -0.05) is 26.7 Å². The van der Waals surface area contributed by atoms with Gasteiger partial charge in [0.05, 0.1) is 0 Å². The molecule has 1 heterocycles. The van der Waals surface area contributed by atoms with Crippen LogP contribution in [0, 0.1) is 5.41 Å². The molecule has 142 valence electrons. The van der Waals surface area contributed by atoms with Gasteiger partial charge in [-0.25, -0.2) is 0 Å². The third-order valence-electron chi connectivity index (χ3n) is 5.70. The molecule has 0 aromatic heterocycles. The lowest BCUT2D eigenvalue weighted by atomic mass is 9.83. The summed E-state index contributed by atoms with van der Waals surface area (Å²) in [6.45, 7) is 8.39. The molecule has 1 aliphatic heterocycles. The Morgan fingerprint density at radius 3 is 2.21 bits per heavy atom. The average Bonchev–Trinajstić information content (AvgIpc) is 3.06. The van der Waals surface area contributed by atoms with Crippen LogP contribution in [0.25, 0.3) is 0 Å². The van der Waals surface area contributed by atoms with Crippen LogP contribution in [-0.4, -0.2) is 49.8 Å². The molecule has 2 aliphatic rings. The van der Waals surface area contributed by atoms with Gasteiger partial charge in [-0.2, -0.15) is 11.8 Å². The Bertz CT molecular complexity index is 375. The van der Waals surface area contributed by atoms with E-state index in [-0.39, 0.29) is 24.0 Å². The van der Waals surface area contributed by atoms with Gasteiger partial charge in [0.15, 0.2) is 5.96 Å². The van der Waals surface area contributed by atoms with Gasteiger partial charge in [0.2, 0.25) is 0 Å². The Hall–Kier alpha value is 0.310. The zero-order valence-corrected chi connectivity index (χ0v) is 18.8. The van der Waals surface area contributed by atoms with Gasteiger partial charge in [0.1, 0.15) is 0 Å². The van der Waals surface area contributed by atoms with Gasteiger partial charge in [0, 0.05) is 38.1 Å². The highest BCUT2D eigenvalue weighted by Gasteiger charge is 2.34. The molecule has 2 rings (SSSR count). The van der Waals surface area contributed by atoms with Crippen molar-refractivity contribution < 1.29 is 4.74 Å². The number of hydrogen-bond acceptors (Lipinski definition) is 3. The highest BCUT2D eigenvalue weighted by Crippen LogP contribution is 2.40. The first kappa shape index (κ1) is 22.4. The average molecular weight is 469 g/mol. The Morgan fingerprint density at radius 2 is 1.67 bits per heavy atom. The molecule has 2 N–H and O–H groups in total. The molecule has 0 aromatic carbocycles. The first-order valence-corrected chi connectivity index (χ1v) is 10.3. The molecular weight excluding hydrogens is 433 g/mol. The monoisotopic (exact) mass is 469 g/mol. The Kier molecular flexibility index (Phi) is 10.4. The molecule has 4 nitrogen and oxygen atoms in total. The van der Waals surface area contributed by atoms with Crippen molar-refractivity contribution >= 4 is 41.7 Å². The normalized spacial score (nSPS) is 22.7. The maximum absolute atomic E-state index is 5.56. The largest absolute Gasteiger partial charge is 0.381 e. The number of aliphatic imine (C=N–C) groups is 1. The number of halogens is 1. The second-order valence-electron chi connectivity index (χ2n) is 7.07. The second kappa shape index (κ2) is 11.1. The minimum absolute atomic E-state index is 0. The van der Waals surface area contributed by atoms with E-state index < -0.39 is 0 Å². The molecule has 24 heavy (non-hydrogen) atoms. The van der Waals surface area contributed by atoms with Gasteiger partial charge in [0.25, 0.3) is 0 Å². The molecular formula is C18H36IN3OS. The van der Waals surface area contributed by atoms with Crippen molar-refractivity contribution in [2.75, 3.05) is 39.1 Å². The van der Waals surface area contributed by atoms with E-state index in [9.17, 15) is 0 Å². The molecule has 1 saturated carbocycles. The lowest BCUT2D eigenvalue weighted by molar-refractivity contribution is 0.0782. The van der Waals surface area contributed by atoms with Crippen molar-refractivity contribution in [2.24, 2.45) is 10.4 Å². The number of hydrogen-bond donors (Lipinski definition) is 2. The minimum atomic E-state index is 0. The highest BCUT2D eigenvalue weighted by molar-refractivity contribution is 14.0. The van der Waals surface area contributed by atoms with E-state index in [1.807, 2.05) is 7.05 Å². The molecule has 6 heteroatoms. The molecule has 2 fully saturated rings. The van der Waals surface area contributed by atoms with Crippen LogP contribution in [0.15, 0.2) is 4.99 Å². The van der Waals surface area contributed by atoms with Crippen LogP contribution in [0.3, 0.4) is 0 Å². The Balaban J connectivity index is 0.00000288. The first-order valence-electron chi connectivity index (χ1n) is 9.34. The van der Waals surface area contributed by atoms with E-state index in [4.69, 9.17) is 4.74 Å². The Morgan fingerprint density at radius 1 is 1.04 bits per heavy atom. The predicted molar refractivity (Wildman–Crippen MR) is 117 cm³/mol. The van der Waals surface area contributed by atoms with Crippen molar-refractivity contribution in [1.29, 1.82) is 0 Å². The topological polar surface area (TPSA) is 45.7 Å². The smallest absolute Gasteiger partial charge is 0.191 e. The van der Waals surface area contributed by atoms with Crippen LogP contribution >= 0.6 is 35.7 Å². The van der Waals surface area contributed by atoms with Crippen LogP contribution in [0.1, 0.15) is 58.8 Å².